The number of fused-ring (bicyclic) bond motifs is 3. The fourth-order valence-electron chi connectivity index (χ4n) is 2.67. The van der Waals surface area contributed by atoms with Gasteiger partial charge in [-0.05, 0) is 17.2 Å². The van der Waals surface area contributed by atoms with Crippen LogP contribution in [0.1, 0.15) is 5.56 Å². The van der Waals surface area contributed by atoms with E-state index in [9.17, 15) is 0 Å². The van der Waals surface area contributed by atoms with Crippen LogP contribution in [0.2, 0.25) is 0 Å². The van der Waals surface area contributed by atoms with E-state index in [1.807, 2.05) is 24.3 Å². The van der Waals surface area contributed by atoms with E-state index in [2.05, 4.69) is 17.3 Å². The summed E-state index contributed by atoms with van der Waals surface area (Å²) in [4.78, 5) is 0. The minimum Gasteiger partial charge on any atom is -0.492 e. The van der Waals surface area contributed by atoms with E-state index in [4.69, 9.17) is 15.0 Å². The molecule has 1 aromatic heterocycles. The van der Waals surface area contributed by atoms with Crippen LogP contribution in [0.25, 0.3) is 22.1 Å². The van der Waals surface area contributed by atoms with E-state index >= 15 is 0 Å². The Morgan fingerprint density at radius 1 is 1.16 bits per heavy atom. The summed E-state index contributed by atoms with van der Waals surface area (Å²) >= 11 is 0. The first-order valence-electron chi connectivity index (χ1n) is 6.23. The summed E-state index contributed by atoms with van der Waals surface area (Å²) in [6, 6.07) is 12.2. The number of hydrogen-bond acceptors (Lipinski definition) is 4. The summed E-state index contributed by atoms with van der Waals surface area (Å²) in [7, 11) is 0. The third-order valence-corrected chi connectivity index (χ3v) is 3.53. The summed E-state index contributed by atoms with van der Waals surface area (Å²) in [5, 5.41) is 4.63. The van der Waals surface area contributed by atoms with Gasteiger partial charge in [0.2, 0.25) is 0 Å². The maximum Gasteiger partial charge on any atom is 0.178 e. The first kappa shape index (κ1) is 10.4. The number of rotatable bonds is 1. The molecule has 0 spiro atoms. The van der Waals surface area contributed by atoms with E-state index in [0.29, 0.717) is 18.0 Å². The van der Waals surface area contributed by atoms with Crippen molar-refractivity contribution in [2.75, 3.05) is 12.3 Å². The van der Waals surface area contributed by atoms with Gasteiger partial charge in [0.1, 0.15) is 11.1 Å². The minimum absolute atomic E-state index is 0.396. The summed E-state index contributed by atoms with van der Waals surface area (Å²) in [5.41, 5.74) is 10.0. The Hall–Kier alpha value is -2.49. The van der Waals surface area contributed by atoms with Crippen molar-refractivity contribution in [1.82, 2.24) is 5.16 Å². The molecule has 0 fully saturated rings. The highest BCUT2D eigenvalue weighted by Gasteiger charge is 2.24. The van der Waals surface area contributed by atoms with Gasteiger partial charge in [-0.25, -0.2) is 0 Å². The second kappa shape index (κ2) is 3.75. The zero-order chi connectivity index (χ0) is 12.8. The molecule has 0 saturated heterocycles. The van der Waals surface area contributed by atoms with Crippen LogP contribution in [0.15, 0.2) is 40.9 Å². The van der Waals surface area contributed by atoms with E-state index < -0.39 is 0 Å². The molecule has 0 radical (unpaired) electrons. The lowest BCUT2D eigenvalue weighted by Crippen LogP contribution is -1.89. The van der Waals surface area contributed by atoms with Gasteiger partial charge < -0.3 is 15.0 Å². The predicted octanol–water partition coefficient (Wildman–Crippen LogP) is 3.01. The summed E-state index contributed by atoms with van der Waals surface area (Å²) in [5.74, 6) is 1.22. The van der Waals surface area contributed by atoms with Crippen LogP contribution in [-0.4, -0.2) is 11.8 Å². The van der Waals surface area contributed by atoms with Crippen molar-refractivity contribution >= 4 is 16.8 Å². The minimum atomic E-state index is 0.396. The quantitative estimate of drug-likeness (QED) is 0.723. The molecule has 0 unspecified atom stereocenters. The third kappa shape index (κ3) is 1.43. The van der Waals surface area contributed by atoms with E-state index in [0.717, 1.165) is 28.7 Å². The van der Waals surface area contributed by atoms with Crippen LogP contribution in [0.4, 0.5) is 5.82 Å². The van der Waals surface area contributed by atoms with Crippen molar-refractivity contribution in [2.24, 2.45) is 0 Å². The van der Waals surface area contributed by atoms with E-state index in [-0.39, 0.29) is 0 Å². The molecule has 4 rings (SSSR count). The third-order valence-electron chi connectivity index (χ3n) is 3.53. The zero-order valence-corrected chi connectivity index (χ0v) is 10.2. The molecule has 0 saturated carbocycles. The van der Waals surface area contributed by atoms with Crippen molar-refractivity contribution in [3.05, 3.63) is 42.0 Å². The fraction of sp³-hybridized carbons (Fsp3) is 0.133. The Balaban J connectivity index is 2.08. The van der Waals surface area contributed by atoms with Crippen LogP contribution >= 0.6 is 0 Å². The molecule has 2 N–H and O–H groups in total. The van der Waals surface area contributed by atoms with Gasteiger partial charge in [0.15, 0.2) is 11.4 Å². The molecule has 2 aromatic carbocycles. The molecule has 1 aliphatic heterocycles. The molecular weight excluding hydrogens is 240 g/mol. The lowest BCUT2D eigenvalue weighted by molar-refractivity contribution is 0.360. The number of hydrogen-bond donors (Lipinski definition) is 1. The second-order valence-electron chi connectivity index (χ2n) is 4.64. The number of aromatic nitrogens is 1. The first-order valence-corrected chi connectivity index (χ1v) is 6.23. The van der Waals surface area contributed by atoms with Gasteiger partial charge in [0.05, 0.1) is 6.61 Å². The van der Waals surface area contributed by atoms with Crippen LogP contribution in [0.3, 0.4) is 0 Å². The van der Waals surface area contributed by atoms with Gasteiger partial charge in [-0.15, -0.1) is 0 Å². The Bertz CT molecular complexity index is 763. The molecule has 4 nitrogen and oxygen atoms in total. The van der Waals surface area contributed by atoms with Crippen LogP contribution in [0.5, 0.6) is 5.75 Å². The second-order valence-corrected chi connectivity index (χ2v) is 4.64. The lowest BCUT2D eigenvalue weighted by atomic mass is 9.96. The highest BCUT2D eigenvalue weighted by molar-refractivity contribution is 5.98. The molecular formula is C15H12N2O2. The number of nitrogens with two attached hydrogens (primary N) is 1. The topological polar surface area (TPSA) is 61.3 Å². The molecule has 0 amide bonds. The zero-order valence-electron chi connectivity index (χ0n) is 10.2. The number of benzene rings is 2. The molecule has 0 bridgehead atoms. The molecule has 2 heterocycles. The lowest BCUT2D eigenvalue weighted by Gasteiger charge is -2.08. The van der Waals surface area contributed by atoms with Gasteiger partial charge in [-0.1, -0.05) is 35.5 Å². The average Bonchev–Trinajstić information content (AvgIpc) is 3.05. The summed E-state index contributed by atoms with van der Waals surface area (Å²) in [6.45, 7) is 0.679. The average molecular weight is 252 g/mol. The van der Waals surface area contributed by atoms with Crippen molar-refractivity contribution in [3.63, 3.8) is 0 Å². The Kier molecular flexibility index (Phi) is 2.06. The summed E-state index contributed by atoms with van der Waals surface area (Å²) < 4.78 is 11.0. The molecule has 3 aromatic rings. The molecule has 4 heteroatoms. The number of ether oxygens (including phenoxy) is 1. The number of nitrogens with zero attached hydrogens (tertiary/aromatic N) is 1. The molecule has 94 valence electrons. The molecule has 1 aliphatic rings. The normalized spacial score (nSPS) is 13.5. The van der Waals surface area contributed by atoms with Crippen molar-refractivity contribution in [3.8, 4) is 16.9 Å². The number of anilines is 1. The first-order chi connectivity index (χ1) is 9.34. The van der Waals surface area contributed by atoms with Gasteiger partial charge >= 0.3 is 0 Å². The van der Waals surface area contributed by atoms with Crippen LogP contribution in [0, 0.1) is 0 Å². The van der Waals surface area contributed by atoms with Gasteiger partial charge in [0, 0.05) is 12.0 Å². The summed E-state index contributed by atoms with van der Waals surface area (Å²) in [6.07, 6.45) is 0.889. The van der Waals surface area contributed by atoms with Crippen LogP contribution in [-0.2, 0) is 6.42 Å². The maximum atomic E-state index is 5.85. The molecule has 0 aliphatic carbocycles. The van der Waals surface area contributed by atoms with E-state index in [1.54, 1.807) is 0 Å². The highest BCUT2D eigenvalue weighted by atomic mass is 16.5. The Morgan fingerprint density at radius 2 is 2.00 bits per heavy atom. The highest BCUT2D eigenvalue weighted by Crippen LogP contribution is 2.43. The SMILES string of the molecule is Nc1noc2cc(-c3ccccc3)c3c(c12)OCC3. The van der Waals surface area contributed by atoms with Crippen LogP contribution < -0.4 is 10.5 Å². The van der Waals surface area contributed by atoms with Gasteiger partial charge in [-0.2, -0.15) is 0 Å². The van der Waals surface area contributed by atoms with Crippen molar-refractivity contribution < 1.29 is 9.26 Å². The number of nitrogen functional groups attached to an aromatic ring is 1. The molecule has 0 atom stereocenters. The standard InChI is InChI=1S/C15H12N2O2/c16-15-13-12(19-17-15)8-11(9-4-2-1-3-5-9)10-6-7-18-14(10)13/h1-5,8H,6-7H2,(H2,16,17). The Labute approximate surface area is 109 Å². The van der Waals surface area contributed by atoms with Crippen molar-refractivity contribution in [1.29, 1.82) is 0 Å². The monoisotopic (exact) mass is 252 g/mol. The fourth-order valence-corrected chi connectivity index (χ4v) is 2.67. The predicted molar refractivity (Wildman–Crippen MR) is 73.1 cm³/mol. The molecule has 19 heavy (non-hydrogen) atoms. The van der Waals surface area contributed by atoms with Gasteiger partial charge in [0.25, 0.3) is 0 Å². The smallest absolute Gasteiger partial charge is 0.178 e. The Morgan fingerprint density at radius 3 is 2.84 bits per heavy atom. The largest absolute Gasteiger partial charge is 0.492 e. The van der Waals surface area contributed by atoms with E-state index in [1.165, 1.54) is 5.56 Å². The van der Waals surface area contributed by atoms with Crippen molar-refractivity contribution in [2.45, 2.75) is 6.42 Å². The van der Waals surface area contributed by atoms with Gasteiger partial charge in [-0.3, -0.25) is 0 Å². The maximum absolute atomic E-state index is 5.85.